The first-order valence-electron chi connectivity index (χ1n) is 6.41. The first-order chi connectivity index (χ1) is 9.44. The zero-order chi connectivity index (χ0) is 14.8. The average molecular weight is 299 g/mol. The minimum absolute atomic E-state index is 0.0331. The molecule has 1 saturated carbocycles. The molecule has 1 aromatic carbocycles. The molecular weight excluding hydrogens is 282 g/mol. The first-order valence-corrected chi connectivity index (χ1v) is 7.89. The Kier molecular flexibility index (Phi) is 4.36. The maximum absolute atomic E-state index is 12.2. The Morgan fingerprint density at radius 3 is 2.50 bits per heavy atom. The van der Waals surface area contributed by atoms with Crippen LogP contribution < -0.4 is 10.5 Å². The van der Waals surface area contributed by atoms with Crippen LogP contribution in [0.15, 0.2) is 29.2 Å². The molecule has 110 valence electrons. The number of sulfonamides is 1. The standard InChI is InChI=1S/C12H17N3O4S/c13-8-9-2-1-3-12(9)14-20(18,19)11-6-4-10(5-7-11)15(16)17/h4-7,9,12,14H,1-3,8,13H2/t9-,12+/m0/s1. The molecule has 3 N–H and O–H groups in total. The van der Waals surface area contributed by atoms with Gasteiger partial charge in [0.25, 0.3) is 5.69 Å². The molecular formula is C12H17N3O4S. The summed E-state index contributed by atoms with van der Waals surface area (Å²) >= 11 is 0. The summed E-state index contributed by atoms with van der Waals surface area (Å²) in [7, 11) is -3.66. The molecule has 0 spiro atoms. The van der Waals surface area contributed by atoms with E-state index in [1.165, 1.54) is 24.3 Å². The molecule has 1 aliphatic carbocycles. The highest BCUT2D eigenvalue weighted by molar-refractivity contribution is 7.89. The molecule has 0 unspecified atom stereocenters. The number of non-ortho nitro benzene ring substituents is 1. The van der Waals surface area contributed by atoms with E-state index in [0.717, 1.165) is 19.3 Å². The average Bonchev–Trinajstić information content (AvgIpc) is 2.85. The molecule has 1 fully saturated rings. The Hall–Kier alpha value is -1.51. The minimum atomic E-state index is -3.66. The number of nitro benzene ring substituents is 1. The zero-order valence-electron chi connectivity index (χ0n) is 10.9. The van der Waals surface area contributed by atoms with Gasteiger partial charge in [-0.2, -0.15) is 0 Å². The number of hydrogen-bond donors (Lipinski definition) is 2. The van der Waals surface area contributed by atoms with E-state index in [1.807, 2.05) is 0 Å². The van der Waals surface area contributed by atoms with Gasteiger partial charge in [-0.15, -0.1) is 0 Å². The van der Waals surface area contributed by atoms with E-state index in [-0.39, 0.29) is 22.5 Å². The number of nitrogens with one attached hydrogen (secondary N) is 1. The van der Waals surface area contributed by atoms with Gasteiger partial charge in [0, 0.05) is 18.2 Å². The number of benzene rings is 1. The van der Waals surface area contributed by atoms with Crippen LogP contribution in [0.3, 0.4) is 0 Å². The second kappa shape index (κ2) is 5.86. The van der Waals surface area contributed by atoms with Crippen LogP contribution in [0, 0.1) is 16.0 Å². The van der Waals surface area contributed by atoms with Crippen LogP contribution in [0.2, 0.25) is 0 Å². The second-order valence-corrected chi connectivity index (χ2v) is 6.62. The van der Waals surface area contributed by atoms with Crippen molar-refractivity contribution >= 4 is 15.7 Å². The van der Waals surface area contributed by atoms with E-state index >= 15 is 0 Å². The maximum Gasteiger partial charge on any atom is 0.269 e. The van der Waals surface area contributed by atoms with Gasteiger partial charge >= 0.3 is 0 Å². The van der Waals surface area contributed by atoms with Crippen molar-refractivity contribution < 1.29 is 13.3 Å². The van der Waals surface area contributed by atoms with Gasteiger partial charge in [-0.3, -0.25) is 10.1 Å². The van der Waals surface area contributed by atoms with Gasteiger partial charge in [0.15, 0.2) is 0 Å². The van der Waals surface area contributed by atoms with Crippen LogP contribution in [0.25, 0.3) is 0 Å². The summed E-state index contributed by atoms with van der Waals surface area (Å²) in [6, 6.07) is 4.70. The van der Waals surface area contributed by atoms with Crippen molar-refractivity contribution in [2.75, 3.05) is 6.54 Å². The lowest BCUT2D eigenvalue weighted by Crippen LogP contribution is -2.39. The summed E-state index contributed by atoms with van der Waals surface area (Å²) in [6.07, 6.45) is 2.65. The first kappa shape index (κ1) is 14.9. The van der Waals surface area contributed by atoms with Crippen molar-refractivity contribution in [3.63, 3.8) is 0 Å². The Morgan fingerprint density at radius 1 is 1.30 bits per heavy atom. The third-order valence-electron chi connectivity index (χ3n) is 3.63. The summed E-state index contributed by atoms with van der Waals surface area (Å²) in [6.45, 7) is 0.452. The molecule has 0 heterocycles. The van der Waals surface area contributed by atoms with Gasteiger partial charge in [0.05, 0.1) is 9.82 Å². The van der Waals surface area contributed by atoms with E-state index in [1.54, 1.807) is 0 Å². The molecule has 0 aromatic heterocycles. The summed E-state index contributed by atoms with van der Waals surface area (Å²) < 4.78 is 27.1. The molecule has 2 rings (SSSR count). The van der Waals surface area contributed by atoms with Crippen LogP contribution in [0.1, 0.15) is 19.3 Å². The minimum Gasteiger partial charge on any atom is -0.330 e. The lowest BCUT2D eigenvalue weighted by atomic mass is 10.1. The van der Waals surface area contributed by atoms with Crippen molar-refractivity contribution in [3.8, 4) is 0 Å². The predicted molar refractivity (Wildman–Crippen MR) is 73.6 cm³/mol. The van der Waals surface area contributed by atoms with Gasteiger partial charge in [-0.25, -0.2) is 13.1 Å². The van der Waals surface area contributed by atoms with Crippen LogP contribution in [-0.2, 0) is 10.0 Å². The number of nitro groups is 1. The van der Waals surface area contributed by atoms with Gasteiger partial charge in [0.1, 0.15) is 0 Å². The highest BCUT2D eigenvalue weighted by Gasteiger charge is 2.30. The fourth-order valence-electron chi connectivity index (χ4n) is 2.49. The van der Waals surface area contributed by atoms with Crippen LogP contribution >= 0.6 is 0 Å². The smallest absolute Gasteiger partial charge is 0.269 e. The van der Waals surface area contributed by atoms with Crippen molar-refractivity contribution in [2.45, 2.75) is 30.2 Å². The number of rotatable bonds is 5. The van der Waals surface area contributed by atoms with Gasteiger partial charge in [-0.05, 0) is 37.4 Å². The van der Waals surface area contributed by atoms with Crippen molar-refractivity contribution in [1.29, 1.82) is 0 Å². The van der Waals surface area contributed by atoms with E-state index in [0.29, 0.717) is 6.54 Å². The normalized spacial score (nSPS) is 22.9. The summed E-state index contributed by atoms with van der Waals surface area (Å²) in [4.78, 5) is 10.0. The number of hydrogen-bond acceptors (Lipinski definition) is 5. The second-order valence-electron chi connectivity index (χ2n) is 4.91. The molecule has 1 aliphatic rings. The zero-order valence-corrected chi connectivity index (χ0v) is 11.7. The monoisotopic (exact) mass is 299 g/mol. The highest BCUT2D eigenvalue weighted by atomic mass is 32.2. The SMILES string of the molecule is NC[C@@H]1CCC[C@H]1NS(=O)(=O)c1ccc([N+](=O)[O-])cc1. The Bertz CT molecular complexity index is 585. The van der Waals surface area contributed by atoms with Crippen molar-refractivity contribution in [3.05, 3.63) is 34.4 Å². The van der Waals surface area contributed by atoms with Crippen LogP contribution in [-0.4, -0.2) is 25.9 Å². The Balaban J connectivity index is 2.15. The lowest BCUT2D eigenvalue weighted by molar-refractivity contribution is -0.384. The molecule has 20 heavy (non-hydrogen) atoms. The largest absolute Gasteiger partial charge is 0.330 e. The molecule has 0 saturated heterocycles. The van der Waals surface area contributed by atoms with Gasteiger partial charge < -0.3 is 5.73 Å². The fourth-order valence-corrected chi connectivity index (χ4v) is 3.83. The van der Waals surface area contributed by atoms with E-state index < -0.39 is 14.9 Å². The van der Waals surface area contributed by atoms with Gasteiger partial charge in [-0.1, -0.05) is 6.42 Å². The predicted octanol–water partition coefficient (Wildman–Crippen LogP) is 1.00. The Labute approximate surface area is 117 Å². The molecule has 1 aromatic rings. The van der Waals surface area contributed by atoms with E-state index in [2.05, 4.69) is 4.72 Å². The number of nitrogens with zero attached hydrogens (tertiary/aromatic N) is 1. The molecule has 0 amide bonds. The Morgan fingerprint density at radius 2 is 1.95 bits per heavy atom. The summed E-state index contributed by atoms with van der Waals surface area (Å²) in [5.74, 6) is 0.155. The lowest BCUT2D eigenvalue weighted by Gasteiger charge is -2.19. The van der Waals surface area contributed by atoms with Crippen molar-refractivity contribution in [2.24, 2.45) is 11.7 Å². The third kappa shape index (κ3) is 3.14. The quantitative estimate of drug-likeness (QED) is 0.621. The topological polar surface area (TPSA) is 115 Å². The summed E-state index contributed by atoms with van der Waals surface area (Å²) in [5.41, 5.74) is 5.49. The number of nitrogens with two attached hydrogens (primary N) is 1. The molecule has 0 bridgehead atoms. The van der Waals surface area contributed by atoms with Crippen LogP contribution in [0.4, 0.5) is 5.69 Å². The molecule has 2 atom stereocenters. The van der Waals surface area contributed by atoms with E-state index in [4.69, 9.17) is 5.73 Å². The maximum atomic E-state index is 12.2. The van der Waals surface area contributed by atoms with E-state index in [9.17, 15) is 18.5 Å². The van der Waals surface area contributed by atoms with Gasteiger partial charge in [0.2, 0.25) is 10.0 Å². The van der Waals surface area contributed by atoms with Crippen molar-refractivity contribution in [1.82, 2.24) is 4.72 Å². The summed E-state index contributed by atoms with van der Waals surface area (Å²) in [5, 5.41) is 10.5. The fraction of sp³-hybridized carbons (Fsp3) is 0.500. The molecule has 7 nitrogen and oxygen atoms in total. The molecule has 0 aliphatic heterocycles. The molecule has 0 radical (unpaired) electrons. The van der Waals surface area contributed by atoms with Crippen LogP contribution in [0.5, 0.6) is 0 Å². The highest BCUT2D eigenvalue weighted by Crippen LogP contribution is 2.26. The third-order valence-corrected chi connectivity index (χ3v) is 5.13. The molecule has 8 heteroatoms.